The molecule has 162 valence electrons. The molecule has 3 heteroatoms. The van der Waals surface area contributed by atoms with Gasteiger partial charge < -0.3 is 4.74 Å². The third-order valence-corrected chi connectivity index (χ3v) is 11.6. The van der Waals surface area contributed by atoms with Gasteiger partial charge in [-0.3, -0.25) is 9.69 Å². The predicted molar refractivity (Wildman–Crippen MR) is 117 cm³/mol. The molecule has 0 N–H and O–H groups in total. The smallest absolute Gasteiger partial charge is 0.178 e. The van der Waals surface area contributed by atoms with E-state index in [-0.39, 0.29) is 16.9 Å². The molecule has 6 fully saturated rings. The van der Waals surface area contributed by atoms with Crippen LogP contribution in [0.15, 0.2) is 23.8 Å². The molecule has 7 aliphatic rings. The highest BCUT2D eigenvalue weighted by molar-refractivity contribution is 6.01. The average molecular weight is 408 g/mol. The summed E-state index contributed by atoms with van der Waals surface area (Å²) in [5.74, 6) is 4.81. The molecule has 0 aromatic rings. The Kier molecular flexibility index (Phi) is 3.42. The third-order valence-electron chi connectivity index (χ3n) is 11.6. The van der Waals surface area contributed by atoms with Gasteiger partial charge in [0.2, 0.25) is 0 Å². The van der Waals surface area contributed by atoms with Crippen LogP contribution in [0, 0.1) is 46.3 Å². The first-order valence-corrected chi connectivity index (χ1v) is 12.7. The quantitative estimate of drug-likeness (QED) is 0.531. The third kappa shape index (κ3) is 1.95. The summed E-state index contributed by atoms with van der Waals surface area (Å²) in [6.07, 6.45) is 14.4. The fourth-order valence-corrected chi connectivity index (χ4v) is 10.4. The molecule has 3 saturated carbocycles. The van der Waals surface area contributed by atoms with Gasteiger partial charge in [0.15, 0.2) is 11.5 Å². The van der Waals surface area contributed by atoms with Crippen molar-refractivity contribution in [1.29, 1.82) is 0 Å². The molecule has 0 amide bonds. The highest BCUT2D eigenvalue weighted by Gasteiger charge is 2.78. The Bertz CT molecular complexity index is 891. The molecule has 0 radical (unpaired) electrons. The summed E-state index contributed by atoms with van der Waals surface area (Å²) in [5.41, 5.74) is 2.10. The van der Waals surface area contributed by atoms with E-state index in [0.29, 0.717) is 23.4 Å². The van der Waals surface area contributed by atoms with Crippen molar-refractivity contribution in [1.82, 2.24) is 4.90 Å². The number of rotatable bonds is 0. The molecule has 11 unspecified atom stereocenters. The summed E-state index contributed by atoms with van der Waals surface area (Å²) >= 11 is 0. The predicted octanol–water partition coefficient (Wildman–Crippen LogP) is 4.98. The molecule has 0 aromatic carbocycles. The van der Waals surface area contributed by atoms with Crippen molar-refractivity contribution >= 4 is 5.78 Å². The fraction of sp³-hybridized carbons (Fsp3) is 0.815. The van der Waals surface area contributed by atoms with Crippen LogP contribution in [0.1, 0.15) is 66.2 Å². The molecule has 30 heavy (non-hydrogen) atoms. The molecule has 0 aromatic heterocycles. The zero-order chi connectivity index (χ0) is 20.6. The van der Waals surface area contributed by atoms with Gasteiger partial charge in [-0.05, 0) is 85.7 Å². The van der Waals surface area contributed by atoms with E-state index in [2.05, 4.69) is 38.7 Å². The Balaban J connectivity index is 1.25. The van der Waals surface area contributed by atoms with Crippen molar-refractivity contribution in [2.24, 2.45) is 46.3 Å². The van der Waals surface area contributed by atoms with Gasteiger partial charge in [0.1, 0.15) is 6.10 Å². The van der Waals surface area contributed by atoms with E-state index in [1.807, 2.05) is 12.2 Å². The van der Waals surface area contributed by atoms with Crippen LogP contribution in [0.5, 0.6) is 0 Å². The Morgan fingerprint density at radius 2 is 1.97 bits per heavy atom. The molecular weight excluding hydrogens is 370 g/mol. The number of ketones is 1. The molecule has 11 atom stereocenters. The lowest BCUT2D eigenvalue weighted by molar-refractivity contribution is -0.111. The number of epoxide rings is 1. The fourth-order valence-electron chi connectivity index (χ4n) is 10.4. The molecule has 3 heterocycles. The van der Waals surface area contributed by atoms with Gasteiger partial charge in [0, 0.05) is 23.9 Å². The second-order valence-electron chi connectivity index (χ2n) is 12.6. The number of ether oxygens (including phenoxy) is 1. The molecule has 3 saturated heterocycles. The van der Waals surface area contributed by atoms with Crippen molar-refractivity contribution in [2.75, 3.05) is 6.54 Å². The molecule has 3 aliphatic heterocycles. The van der Waals surface area contributed by atoms with E-state index in [9.17, 15) is 4.79 Å². The summed E-state index contributed by atoms with van der Waals surface area (Å²) in [4.78, 5) is 14.9. The van der Waals surface area contributed by atoms with Gasteiger partial charge in [-0.1, -0.05) is 39.3 Å². The van der Waals surface area contributed by atoms with Crippen LogP contribution in [0.2, 0.25) is 0 Å². The molecule has 1 spiro atoms. The van der Waals surface area contributed by atoms with Crippen LogP contribution in [0.3, 0.4) is 0 Å². The number of piperidine rings is 1. The van der Waals surface area contributed by atoms with Crippen molar-refractivity contribution in [3.8, 4) is 0 Å². The van der Waals surface area contributed by atoms with E-state index in [1.54, 1.807) is 0 Å². The monoisotopic (exact) mass is 407 g/mol. The maximum Gasteiger partial charge on any atom is 0.178 e. The van der Waals surface area contributed by atoms with Crippen LogP contribution < -0.4 is 0 Å². The largest absolute Gasteiger partial charge is 0.350 e. The second-order valence-corrected chi connectivity index (χ2v) is 12.6. The summed E-state index contributed by atoms with van der Waals surface area (Å²) in [7, 11) is 0. The Morgan fingerprint density at radius 1 is 1.13 bits per heavy atom. The number of carbonyl (C=O) groups is 1. The van der Waals surface area contributed by atoms with Crippen LogP contribution >= 0.6 is 0 Å². The van der Waals surface area contributed by atoms with Crippen LogP contribution in [-0.2, 0) is 9.53 Å². The van der Waals surface area contributed by atoms with Crippen molar-refractivity contribution < 1.29 is 9.53 Å². The van der Waals surface area contributed by atoms with E-state index in [1.165, 1.54) is 44.2 Å². The lowest BCUT2D eigenvalue weighted by atomic mass is 9.47. The SMILES string of the molecule is CC1CC2OC23C(C)C2C(CC4C5CCC6=CC(=O)C=CC6(C)C5CCC42C)N3C1. The van der Waals surface area contributed by atoms with E-state index < -0.39 is 0 Å². The number of carbonyl (C=O) groups excluding carboxylic acids is 1. The lowest BCUT2D eigenvalue weighted by Gasteiger charge is -2.57. The highest BCUT2D eigenvalue weighted by atomic mass is 16.6. The number of hydrogen-bond donors (Lipinski definition) is 0. The first-order valence-electron chi connectivity index (χ1n) is 12.7. The van der Waals surface area contributed by atoms with E-state index in [4.69, 9.17) is 4.74 Å². The number of allylic oxidation sites excluding steroid dienone is 4. The zero-order valence-electron chi connectivity index (χ0n) is 19.1. The Morgan fingerprint density at radius 3 is 2.80 bits per heavy atom. The van der Waals surface area contributed by atoms with Crippen LogP contribution in [0.4, 0.5) is 0 Å². The lowest BCUT2D eigenvalue weighted by Crippen LogP contribution is -2.51. The summed E-state index contributed by atoms with van der Waals surface area (Å²) in [6.45, 7) is 11.3. The van der Waals surface area contributed by atoms with E-state index >= 15 is 0 Å². The van der Waals surface area contributed by atoms with Crippen molar-refractivity contribution in [3.05, 3.63) is 23.8 Å². The zero-order valence-corrected chi connectivity index (χ0v) is 19.1. The normalized spacial score (nSPS) is 60.7. The van der Waals surface area contributed by atoms with Crippen LogP contribution in [-0.4, -0.2) is 35.1 Å². The molecule has 7 rings (SSSR count). The van der Waals surface area contributed by atoms with Gasteiger partial charge in [-0.25, -0.2) is 0 Å². The Hall–Kier alpha value is -0.930. The molecular formula is C27H37NO2. The summed E-state index contributed by atoms with van der Waals surface area (Å²) in [6, 6.07) is 0.731. The number of nitrogens with zero attached hydrogens (tertiary/aromatic N) is 1. The minimum Gasteiger partial charge on any atom is -0.350 e. The maximum atomic E-state index is 12.0. The van der Waals surface area contributed by atoms with Gasteiger partial charge in [-0.2, -0.15) is 0 Å². The average Bonchev–Trinajstić information content (AvgIpc) is 3.28. The standard InChI is InChI=1S/C27H37NO2/c1-15-11-23-27(30-23)16(2)24-22(28(27)14-15)13-21-19-6-5-17-12-18(29)7-9-25(17,3)20(19)8-10-26(21,24)4/h7,9,12,15-16,19-24H,5-6,8,10-11,13-14H2,1-4H3. The summed E-state index contributed by atoms with van der Waals surface area (Å²) < 4.78 is 6.51. The highest BCUT2D eigenvalue weighted by Crippen LogP contribution is 2.73. The summed E-state index contributed by atoms with van der Waals surface area (Å²) in [5, 5.41) is 0. The van der Waals surface area contributed by atoms with Gasteiger partial charge in [0.05, 0.1) is 0 Å². The Labute approximate surface area is 181 Å². The topological polar surface area (TPSA) is 32.8 Å². The van der Waals surface area contributed by atoms with Gasteiger partial charge in [-0.15, -0.1) is 0 Å². The van der Waals surface area contributed by atoms with Gasteiger partial charge >= 0.3 is 0 Å². The van der Waals surface area contributed by atoms with E-state index in [0.717, 1.165) is 36.1 Å². The van der Waals surface area contributed by atoms with Crippen molar-refractivity contribution in [3.63, 3.8) is 0 Å². The first kappa shape index (κ1) is 18.6. The minimum atomic E-state index is 0.105. The molecule has 3 nitrogen and oxygen atoms in total. The minimum absolute atomic E-state index is 0.105. The number of fused-ring (bicyclic) bond motifs is 8. The van der Waals surface area contributed by atoms with Gasteiger partial charge in [0.25, 0.3) is 0 Å². The van der Waals surface area contributed by atoms with Crippen LogP contribution in [0.25, 0.3) is 0 Å². The van der Waals surface area contributed by atoms with Crippen molar-refractivity contribution in [2.45, 2.75) is 84.1 Å². The maximum absolute atomic E-state index is 12.0. The number of hydrogen-bond acceptors (Lipinski definition) is 3. The second kappa shape index (κ2) is 5.52. The molecule has 4 aliphatic carbocycles. The first-order chi connectivity index (χ1) is 14.3. The molecule has 0 bridgehead atoms.